The molecule has 0 spiro atoms. The third-order valence-electron chi connectivity index (χ3n) is 4.29. The fourth-order valence-electron chi connectivity index (χ4n) is 3.13. The van der Waals surface area contributed by atoms with E-state index >= 15 is 0 Å². The predicted octanol–water partition coefficient (Wildman–Crippen LogP) is 4.24. The highest BCUT2D eigenvalue weighted by atomic mass is 32.1. The SMILES string of the molecule is CCOC(=O)C1=CN(Cc2ccccc2)C=C(C(=O)OCC)C1c1cccs1. The van der Waals surface area contributed by atoms with E-state index in [1.807, 2.05) is 52.7 Å². The number of carbonyl (C=O) groups excluding carboxylic acids is 2. The fraction of sp³-hybridized carbons (Fsp3) is 0.273. The summed E-state index contributed by atoms with van der Waals surface area (Å²) in [6.45, 7) is 4.61. The lowest BCUT2D eigenvalue weighted by molar-refractivity contribution is -0.139. The minimum atomic E-state index is -0.495. The zero-order chi connectivity index (χ0) is 19.9. The molecule has 1 aromatic carbocycles. The van der Waals surface area contributed by atoms with E-state index in [9.17, 15) is 9.59 Å². The Morgan fingerprint density at radius 3 is 2.04 bits per heavy atom. The first kappa shape index (κ1) is 19.9. The van der Waals surface area contributed by atoms with Crippen molar-refractivity contribution in [3.05, 3.63) is 81.8 Å². The third-order valence-corrected chi connectivity index (χ3v) is 5.23. The number of hydrogen-bond acceptors (Lipinski definition) is 6. The summed E-state index contributed by atoms with van der Waals surface area (Å²) in [6.07, 6.45) is 3.55. The van der Waals surface area contributed by atoms with Gasteiger partial charge < -0.3 is 14.4 Å². The molecule has 0 amide bonds. The Kier molecular flexibility index (Phi) is 6.66. The van der Waals surface area contributed by atoms with Crippen molar-refractivity contribution in [1.29, 1.82) is 0 Å². The largest absolute Gasteiger partial charge is 0.463 e. The van der Waals surface area contributed by atoms with Crippen molar-refractivity contribution in [3.63, 3.8) is 0 Å². The van der Waals surface area contributed by atoms with Gasteiger partial charge in [0.25, 0.3) is 0 Å². The van der Waals surface area contributed by atoms with E-state index in [-0.39, 0.29) is 13.2 Å². The average molecular weight is 397 g/mol. The lowest BCUT2D eigenvalue weighted by Gasteiger charge is -2.29. The van der Waals surface area contributed by atoms with Crippen molar-refractivity contribution >= 4 is 23.3 Å². The maximum atomic E-state index is 12.7. The molecule has 0 saturated carbocycles. The lowest BCUT2D eigenvalue weighted by Crippen LogP contribution is -2.28. The van der Waals surface area contributed by atoms with E-state index in [1.165, 1.54) is 11.3 Å². The summed E-state index contributed by atoms with van der Waals surface area (Å²) < 4.78 is 10.6. The normalized spacial score (nSPS) is 14.3. The number of nitrogens with zero attached hydrogens (tertiary/aromatic N) is 1. The Hall–Kier alpha value is -2.86. The van der Waals surface area contributed by atoms with Gasteiger partial charge in [0.15, 0.2) is 0 Å². The molecule has 3 rings (SSSR count). The van der Waals surface area contributed by atoms with Gasteiger partial charge >= 0.3 is 11.9 Å². The van der Waals surface area contributed by atoms with Crippen molar-refractivity contribution in [2.24, 2.45) is 0 Å². The van der Waals surface area contributed by atoms with Gasteiger partial charge in [-0.25, -0.2) is 9.59 Å². The predicted molar refractivity (Wildman–Crippen MR) is 108 cm³/mol. The summed E-state index contributed by atoms with van der Waals surface area (Å²) in [4.78, 5) is 28.2. The highest BCUT2D eigenvalue weighted by Crippen LogP contribution is 2.39. The molecule has 0 aliphatic carbocycles. The van der Waals surface area contributed by atoms with Gasteiger partial charge in [-0.3, -0.25) is 0 Å². The minimum Gasteiger partial charge on any atom is -0.463 e. The molecule has 2 heterocycles. The van der Waals surface area contributed by atoms with Gasteiger partial charge in [-0.05, 0) is 30.9 Å². The van der Waals surface area contributed by atoms with Gasteiger partial charge in [-0.2, -0.15) is 0 Å². The molecule has 0 fully saturated rings. The van der Waals surface area contributed by atoms with Crippen molar-refractivity contribution < 1.29 is 19.1 Å². The fourth-order valence-corrected chi connectivity index (χ4v) is 3.99. The van der Waals surface area contributed by atoms with E-state index in [0.717, 1.165) is 10.4 Å². The number of hydrogen-bond donors (Lipinski definition) is 0. The summed E-state index contributed by atoms with van der Waals surface area (Å²) in [6, 6.07) is 13.7. The van der Waals surface area contributed by atoms with Crippen LogP contribution in [-0.2, 0) is 25.6 Å². The second-order valence-corrected chi connectivity index (χ2v) is 7.20. The van der Waals surface area contributed by atoms with Crippen LogP contribution in [0.1, 0.15) is 30.2 Å². The molecule has 0 atom stereocenters. The molecule has 1 aromatic heterocycles. The Bertz CT molecular complexity index is 835. The molecule has 0 N–H and O–H groups in total. The molecule has 0 unspecified atom stereocenters. The summed E-state index contributed by atoms with van der Waals surface area (Å²) in [5.74, 6) is -1.34. The highest BCUT2D eigenvalue weighted by Gasteiger charge is 2.36. The Balaban J connectivity index is 2.03. The van der Waals surface area contributed by atoms with Crippen LogP contribution in [0.5, 0.6) is 0 Å². The number of thiophene rings is 1. The Labute approximate surface area is 168 Å². The maximum absolute atomic E-state index is 12.7. The van der Waals surface area contributed by atoms with Crippen LogP contribution in [0.15, 0.2) is 71.4 Å². The molecule has 6 heteroatoms. The third kappa shape index (κ3) is 4.51. The molecular weight excluding hydrogens is 374 g/mol. The van der Waals surface area contributed by atoms with Crippen molar-refractivity contribution in [1.82, 2.24) is 4.90 Å². The van der Waals surface area contributed by atoms with Gasteiger partial charge in [0.2, 0.25) is 0 Å². The van der Waals surface area contributed by atoms with Crippen LogP contribution in [0.2, 0.25) is 0 Å². The van der Waals surface area contributed by atoms with Crippen LogP contribution >= 0.6 is 11.3 Å². The summed E-state index contributed by atoms with van der Waals surface area (Å²) in [7, 11) is 0. The van der Waals surface area contributed by atoms with E-state index in [0.29, 0.717) is 17.7 Å². The molecule has 2 aromatic rings. The molecule has 28 heavy (non-hydrogen) atoms. The second-order valence-electron chi connectivity index (χ2n) is 6.22. The van der Waals surface area contributed by atoms with Crippen LogP contribution < -0.4 is 0 Å². The van der Waals surface area contributed by atoms with Crippen LogP contribution in [0, 0.1) is 0 Å². The van der Waals surface area contributed by atoms with E-state index < -0.39 is 17.9 Å². The second kappa shape index (κ2) is 9.37. The average Bonchev–Trinajstić information content (AvgIpc) is 3.23. The molecular formula is C22H23NO4S. The number of carbonyl (C=O) groups is 2. The van der Waals surface area contributed by atoms with Crippen LogP contribution in [0.4, 0.5) is 0 Å². The van der Waals surface area contributed by atoms with E-state index in [1.54, 1.807) is 26.2 Å². The van der Waals surface area contributed by atoms with Crippen LogP contribution in [0.3, 0.4) is 0 Å². The quantitative estimate of drug-likeness (QED) is 0.654. The molecule has 0 radical (unpaired) electrons. The smallest absolute Gasteiger partial charge is 0.336 e. The molecule has 146 valence electrons. The van der Waals surface area contributed by atoms with Crippen LogP contribution in [-0.4, -0.2) is 30.1 Å². The lowest BCUT2D eigenvalue weighted by atomic mass is 9.88. The molecule has 1 aliphatic rings. The first-order valence-electron chi connectivity index (χ1n) is 9.24. The highest BCUT2D eigenvalue weighted by molar-refractivity contribution is 7.10. The molecule has 0 saturated heterocycles. The minimum absolute atomic E-state index is 0.268. The van der Waals surface area contributed by atoms with Gasteiger partial charge in [0, 0.05) is 23.8 Å². The van der Waals surface area contributed by atoms with Gasteiger partial charge in [-0.1, -0.05) is 36.4 Å². The Morgan fingerprint density at radius 2 is 1.54 bits per heavy atom. The van der Waals surface area contributed by atoms with Gasteiger partial charge in [0.05, 0.1) is 30.3 Å². The molecule has 5 nitrogen and oxygen atoms in total. The van der Waals surface area contributed by atoms with E-state index in [4.69, 9.17) is 9.47 Å². The number of ether oxygens (including phenoxy) is 2. The maximum Gasteiger partial charge on any atom is 0.336 e. The summed E-state index contributed by atoms with van der Waals surface area (Å²) >= 11 is 1.50. The summed E-state index contributed by atoms with van der Waals surface area (Å²) in [5, 5.41) is 1.93. The summed E-state index contributed by atoms with van der Waals surface area (Å²) in [5.41, 5.74) is 1.94. The zero-order valence-corrected chi connectivity index (χ0v) is 16.8. The molecule has 0 bridgehead atoms. The first-order chi connectivity index (χ1) is 13.6. The van der Waals surface area contributed by atoms with Gasteiger partial charge in [-0.15, -0.1) is 11.3 Å². The number of benzene rings is 1. The van der Waals surface area contributed by atoms with Crippen LogP contribution in [0.25, 0.3) is 0 Å². The van der Waals surface area contributed by atoms with Crippen molar-refractivity contribution in [2.75, 3.05) is 13.2 Å². The van der Waals surface area contributed by atoms with Crippen molar-refractivity contribution in [3.8, 4) is 0 Å². The Morgan fingerprint density at radius 1 is 0.929 bits per heavy atom. The molecule has 1 aliphatic heterocycles. The van der Waals surface area contributed by atoms with Crippen molar-refractivity contribution in [2.45, 2.75) is 26.3 Å². The van der Waals surface area contributed by atoms with Gasteiger partial charge in [0.1, 0.15) is 0 Å². The number of esters is 2. The first-order valence-corrected chi connectivity index (χ1v) is 10.1. The van der Waals surface area contributed by atoms with E-state index in [2.05, 4.69) is 0 Å². The number of rotatable bonds is 7. The topological polar surface area (TPSA) is 55.8 Å². The zero-order valence-electron chi connectivity index (χ0n) is 16.0. The monoisotopic (exact) mass is 397 g/mol. The standard InChI is InChI=1S/C22H23NO4S/c1-3-26-21(24)17-14-23(13-16-9-6-5-7-10-16)15-18(22(25)27-4-2)20(17)19-11-8-12-28-19/h5-12,14-15,20H,3-4,13H2,1-2H3.